The number of nitrogens with zero attached hydrogens (tertiary/aromatic N) is 2. The third-order valence-electron chi connectivity index (χ3n) is 4.02. The van der Waals surface area contributed by atoms with Crippen molar-refractivity contribution in [3.05, 3.63) is 24.0 Å². The Bertz CT molecular complexity index is 373. The van der Waals surface area contributed by atoms with E-state index in [9.17, 15) is 0 Å². The van der Waals surface area contributed by atoms with Gasteiger partial charge in [-0.3, -0.25) is 4.90 Å². The van der Waals surface area contributed by atoms with Gasteiger partial charge < -0.3 is 14.6 Å². The molecule has 1 aromatic rings. The molecule has 1 N–H and O–H groups in total. The highest BCUT2D eigenvalue weighted by molar-refractivity contribution is 5.15. The molecule has 4 nitrogen and oxygen atoms in total. The Kier molecular flexibility index (Phi) is 5.43. The second-order valence-corrected chi connectivity index (χ2v) is 5.28. The maximum absolute atomic E-state index is 5.86. The second kappa shape index (κ2) is 7.08. The predicted molar refractivity (Wildman–Crippen MR) is 78.4 cm³/mol. The molecule has 0 spiro atoms. The van der Waals surface area contributed by atoms with Crippen molar-refractivity contribution in [1.82, 2.24) is 14.8 Å². The fraction of sp³-hybridized carbons (Fsp3) is 0.733. The van der Waals surface area contributed by atoms with Crippen LogP contribution in [-0.4, -0.2) is 48.9 Å². The molecule has 19 heavy (non-hydrogen) atoms. The zero-order chi connectivity index (χ0) is 13.7. The van der Waals surface area contributed by atoms with Gasteiger partial charge in [0.1, 0.15) is 0 Å². The summed E-state index contributed by atoms with van der Waals surface area (Å²) in [4.78, 5) is 2.46. The number of nitrogens with one attached hydrogen (secondary N) is 1. The molecule has 0 saturated carbocycles. The van der Waals surface area contributed by atoms with Gasteiger partial charge in [-0.05, 0) is 31.6 Å². The SMILES string of the molecule is CCC(NC)c1ccn(CC2CN(CC)CCO2)c1. The molecule has 108 valence electrons. The van der Waals surface area contributed by atoms with Crippen LogP contribution in [0.4, 0.5) is 0 Å². The Hall–Kier alpha value is -0.840. The van der Waals surface area contributed by atoms with Crippen LogP contribution < -0.4 is 5.32 Å². The largest absolute Gasteiger partial charge is 0.374 e. The summed E-state index contributed by atoms with van der Waals surface area (Å²) in [6.07, 6.45) is 5.86. The molecule has 2 heterocycles. The molecule has 4 heteroatoms. The Morgan fingerprint density at radius 3 is 3.00 bits per heavy atom. The molecule has 1 aromatic heterocycles. The van der Waals surface area contributed by atoms with Crippen molar-refractivity contribution in [3.63, 3.8) is 0 Å². The van der Waals surface area contributed by atoms with E-state index in [1.165, 1.54) is 5.56 Å². The molecular formula is C15H27N3O. The van der Waals surface area contributed by atoms with Crippen molar-refractivity contribution in [1.29, 1.82) is 0 Å². The first-order chi connectivity index (χ1) is 9.26. The number of hydrogen-bond donors (Lipinski definition) is 1. The van der Waals surface area contributed by atoms with Crippen LogP contribution in [0.5, 0.6) is 0 Å². The number of hydrogen-bond acceptors (Lipinski definition) is 3. The van der Waals surface area contributed by atoms with Crippen LogP contribution in [-0.2, 0) is 11.3 Å². The van der Waals surface area contributed by atoms with Crippen molar-refractivity contribution in [2.24, 2.45) is 0 Å². The summed E-state index contributed by atoms with van der Waals surface area (Å²) in [7, 11) is 2.02. The van der Waals surface area contributed by atoms with Crippen LogP contribution in [0.2, 0.25) is 0 Å². The Balaban J connectivity index is 1.92. The third kappa shape index (κ3) is 3.81. The average Bonchev–Trinajstić information content (AvgIpc) is 2.89. The first-order valence-electron chi connectivity index (χ1n) is 7.43. The molecule has 1 fully saturated rings. The average molecular weight is 265 g/mol. The first kappa shape index (κ1) is 14.6. The van der Waals surface area contributed by atoms with E-state index < -0.39 is 0 Å². The van der Waals surface area contributed by atoms with Crippen LogP contribution in [0.25, 0.3) is 0 Å². The van der Waals surface area contributed by atoms with Crippen molar-refractivity contribution in [2.45, 2.75) is 39.0 Å². The molecule has 1 saturated heterocycles. The molecule has 0 bridgehead atoms. The van der Waals surface area contributed by atoms with E-state index in [4.69, 9.17) is 4.74 Å². The molecule has 0 amide bonds. The van der Waals surface area contributed by atoms with Crippen molar-refractivity contribution >= 4 is 0 Å². The van der Waals surface area contributed by atoms with Crippen molar-refractivity contribution < 1.29 is 4.74 Å². The van der Waals surface area contributed by atoms with Gasteiger partial charge in [0.2, 0.25) is 0 Å². The summed E-state index contributed by atoms with van der Waals surface area (Å²) in [6, 6.07) is 2.67. The minimum absolute atomic E-state index is 0.323. The van der Waals surface area contributed by atoms with Gasteiger partial charge in [-0.1, -0.05) is 13.8 Å². The molecule has 2 unspecified atom stereocenters. The molecule has 2 rings (SSSR count). The van der Waals surface area contributed by atoms with E-state index in [1.807, 2.05) is 7.05 Å². The number of rotatable bonds is 6. The van der Waals surface area contributed by atoms with E-state index in [-0.39, 0.29) is 0 Å². The molecule has 1 aliphatic heterocycles. The lowest BCUT2D eigenvalue weighted by Gasteiger charge is -2.32. The fourth-order valence-electron chi connectivity index (χ4n) is 2.80. The first-order valence-corrected chi connectivity index (χ1v) is 7.43. The minimum atomic E-state index is 0.323. The van der Waals surface area contributed by atoms with E-state index in [1.54, 1.807) is 0 Å². The second-order valence-electron chi connectivity index (χ2n) is 5.28. The summed E-state index contributed by atoms with van der Waals surface area (Å²) < 4.78 is 8.12. The highest BCUT2D eigenvalue weighted by atomic mass is 16.5. The topological polar surface area (TPSA) is 29.4 Å². The van der Waals surface area contributed by atoms with Gasteiger partial charge >= 0.3 is 0 Å². The zero-order valence-electron chi connectivity index (χ0n) is 12.4. The zero-order valence-corrected chi connectivity index (χ0v) is 12.4. The van der Waals surface area contributed by atoms with Gasteiger partial charge in [0.15, 0.2) is 0 Å². The molecule has 0 radical (unpaired) electrons. The Labute approximate surface area is 116 Å². The lowest BCUT2D eigenvalue weighted by molar-refractivity contribution is -0.0342. The van der Waals surface area contributed by atoms with E-state index in [2.05, 4.69) is 47.1 Å². The normalized spacial score (nSPS) is 22.6. The smallest absolute Gasteiger partial charge is 0.0880 e. The van der Waals surface area contributed by atoms with Gasteiger partial charge in [0.25, 0.3) is 0 Å². The third-order valence-corrected chi connectivity index (χ3v) is 4.02. The molecule has 2 atom stereocenters. The van der Waals surface area contributed by atoms with Crippen molar-refractivity contribution in [3.8, 4) is 0 Å². The summed E-state index contributed by atoms with van der Waals surface area (Å²) in [6.45, 7) is 9.48. The van der Waals surface area contributed by atoms with Crippen LogP contribution in [0, 0.1) is 0 Å². The summed E-state index contributed by atoms with van der Waals surface area (Å²) in [5, 5.41) is 3.35. The number of ether oxygens (including phenoxy) is 1. The van der Waals surface area contributed by atoms with Gasteiger partial charge in [0.05, 0.1) is 12.7 Å². The minimum Gasteiger partial charge on any atom is -0.374 e. The lowest BCUT2D eigenvalue weighted by atomic mass is 10.1. The van der Waals surface area contributed by atoms with E-state index in [0.29, 0.717) is 12.1 Å². The van der Waals surface area contributed by atoms with Gasteiger partial charge in [0, 0.05) is 38.1 Å². The van der Waals surface area contributed by atoms with Crippen LogP contribution in [0.15, 0.2) is 18.5 Å². The summed E-state index contributed by atoms with van der Waals surface area (Å²) >= 11 is 0. The maximum atomic E-state index is 5.86. The lowest BCUT2D eigenvalue weighted by Crippen LogP contribution is -2.43. The van der Waals surface area contributed by atoms with Gasteiger partial charge in [-0.15, -0.1) is 0 Å². The van der Waals surface area contributed by atoms with Crippen LogP contribution in [0.1, 0.15) is 31.9 Å². The molecule has 1 aliphatic rings. The summed E-state index contributed by atoms with van der Waals surface area (Å²) in [5.74, 6) is 0. The standard InChI is InChI=1S/C15H27N3O/c1-4-15(16-3)13-6-7-18(10-13)12-14-11-17(5-2)8-9-19-14/h6-7,10,14-16H,4-5,8-9,11-12H2,1-3H3. The quantitative estimate of drug-likeness (QED) is 0.851. The number of likely N-dealkylation sites (N-methyl/N-ethyl adjacent to an activating group) is 1. The van der Waals surface area contributed by atoms with Crippen LogP contribution >= 0.6 is 0 Å². The fourth-order valence-corrected chi connectivity index (χ4v) is 2.80. The monoisotopic (exact) mass is 265 g/mol. The number of aromatic nitrogens is 1. The highest BCUT2D eigenvalue weighted by Gasteiger charge is 2.19. The molecule has 0 aliphatic carbocycles. The Morgan fingerprint density at radius 2 is 2.32 bits per heavy atom. The highest BCUT2D eigenvalue weighted by Crippen LogP contribution is 2.17. The van der Waals surface area contributed by atoms with Crippen LogP contribution in [0.3, 0.4) is 0 Å². The molecular weight excluding hydrogens is 238 g/mol. The van der Waals surface area contributed by atoms with Gasteiger partial charge in [-0.25, -0.2) is 0 Å². The van der Waals surface area contributed by atoms with E-state index in [0.717, 1.165) is 39.2 Å². The van der Waals surface area contributed by atoms with Crippen molar-refractivity contribution in [2.75, 3.05) is 33.3 Å². The van der Waals surface area contributed by atoms with E-state index >= 15 is 0 Å². The van der Waals surface area contributed by atoms with Gasteiger partial charge in [-0.2, -0.15) is 0 Å². The Morgan fingerprint density at radius 1 is 1.47 bits per heavy atom. The predicted octanol–water partition coefficient (Wildman–Crippen LogP) is 1.88. The maximum Gasteiger partial charge on any atom is 0.0880 e. The molecule has 0 aromatic carbocycles. The summed E-state index contributed by atoms with van der Waals surface area (Å²) in [5.41, 5.74) is 1.37. The number of morpholine rings is 1.